The molecule has 0 saturated heterocycles. The third-order valence-electron chi connectivity index (χ3n) is 4.80. The predicted molar refractivity (Wildman–Crippen MR) is 81.9 cm³/mol. The lowest BCUT2D eigenvalue weighted by atomic mass is 9.71. The summed E-state index contributed by atoms with van der Waals surface area (Å²) in [7, 11) is 3.86. The number of aryl methyl sites for hydroxylation is 1. The lowest BCUT2D eigenvalue weighted by molar-refractivity contribution is 0.304. The quantitative estimate of drug-likeness (QED) is 0.911. The summed E-state index contributed by atoms with van der Waals surface area (Å²) in [6, 6.07) is 11.2. The fraction of sp³-hybridized carbons (Fsp3) is 0.562. The highest BCUT2D eigenvalue weighted by Gasteiger charge is 2.42. The summed E-state index contributed by atoms with van der Waals surface area (Å²) in [6.07, 6.45) is 5.85. The first-order valence-corrected chi connectivity index (χ1v) is 7.70. The highest BCUT2D eigenvalue weighted by molar-refractivity contribution is 5.29. The zero-order valence-electron chi connectivity index (χ0n) is 12.8. The number of likely N-dealkylation sites (N-methyl/N-ethyl adjacent to an activating group) is 1. The monoisotopic (exact) mass is 285 g/mol. The van der Waals surface area contributed by atoms with E-state index in [2.05, 4.69) is 51.1 Å². The van der Waals surface area contributed by atoms with Crippen molar-refractivity contribution in [2.24, 2.45) is 7.05 Å². The van der Waals surface area contributed by atoms with Gasteiger partial charge < -0.3 is 5.32 Å². The third-order valence-corrected chi connectivity index (χ3v) is 4.80. The molecule has 1 aromatic heterocycles. The Bertz CT molecular complexity index is 571. The Morgan fingerprint density at radius 3 is 2.52 bits per heavy atom. The molecule has 1 aliphatic carbocycles. The molecule has 21 heavy (non-hydrogen) atoms. The summed E-state index contributed by atoms with van der Waals surface area (Å²) in [5, 5.41) is 16.0. The average Bonchev–Trinajstić information content (AvgIpc) is 3.15. The van der Waals surface area contributed by atoms with Crippen molar-refractivity contribution in [1.82, 2.24) is 25.5 Å². The molecule has 5 nitrogen and oxygen atoms in total. The van der Waals surface area contributed by atoms with Gasteiger partial charge in [-0.15, -0.1) is 10.2 Å². The predicted octanol–water partition coefficient (Wildman–Crippen LogP) is 1.85. The van der Waals surface area contributed by atoms with E-state index >= 15 is 0 Å². The van der Waals surface area contributed by atoms with Crippen molar-refractivity contribution < 1.29 is 0 Å². The Hall–Kier alpha value is -1.75. The fourth-order valence-corrected chi connectivity index (χ4v) is 3.78. The molecule has 0 aliphatic heterocycles. The Morgan fingerprint density at radius 2 is 1.95 bits per heavy atom. The van der Waals surface area contributed by atoms with Crippen molar-refractivity contribution in [3.8, 4) is 0 Å². The molecule has 1 aliphatic rings. The molecular weight excluding hydrogens is 262 g/mol. The summed E-state index contributed by atoms with van der Waals surface area (Å²) >= 11 is 0. The summed E-state index contributed by atoms with van der Waals surface area (Å²) in [5.74, 6) is 0.819. The summed E-state index contributed by atoms with van der Waals surface area (Å²) in [5.41, 5.74) is 1.63. The van der Waals surface area contributed by atoms with Crippen LogP contribution in [0.4, 0.5) is 0 Å². The Kier molecular flexibility index (Phi) is 4.01. The second kappa shape index (κ2) is 5.93. The van der Waals surface area contributed by atoms with Crippen LogP contribution in [-0.4, -0.2) is 33.3 Å². The maximum absolute atomic E-state index is 4.35. The molecule has 2 aromatic rings. The molecule has 1 aromatic carbocycles. The lowest BCUT2D eigenvalue weighted by Crippen LogP contribution is -2.47. The summed E-state index contributed by atoms with van der Waals surface area (Å²) in [6.45, 7) is 0. The second-order valence-corrected chi connectivity index (χ2v) is 5.97. The molecule has 1 fully saturated rings. The van der Waals surface area contributed by atoms with Gasteiger partial charge in [0.2, 0.25) is 0 Å². The highest BCUT2D eigenvalue weighted by atomic mass is 15.6. The topological polar surface area (TPSA) is 55.6 Å². The number of benzene rings is 1. The maximum atomic E-state index is 4.35. The number of nitrogens with one attached hydrogen (secondary N) is 1. The molecule has 1 atom stereocenters. The van der Waals surface area contributed by atoms with E-state index in [0.29, 0.717) is 6.04 Å². The fourth-order valence-electron chi connectivity index (χ4n) is 3.78. The minimum atomic E-state index is 0.190. The van der Waals surface area contributed by atoms with Gasteiger partial charge in [0.1, 0.15) is 0 Å². The van der Waals surface area contributed by atoms with E-state index in [-0.39, 0.29) is 5.41 Å². The molecule has 0 radical (unpaired) electrons. The van der Waals surface area contributed by atoms with Crippen LogP contribution in [0.15, 0.2) is 30.3 Å². The van der Waals surface area contributed by atoms with Crippen LogP contribution in [0.2, 0.25) is 0 Å². The van der Waals surface area contributed by atoms with Crippen LogP contribution < -0.4 is 5.32 Å². The first-order chi connectivity index (χ1) is 10.2. The molecule has 5 heteroatoms. The van der Waals surface area contributed by atoms with Gasteiger partial charge in [-0.25, -0.2) is 0 Å². The number of rotatable bonds is 5. The normalized spacial score (nSPS) is 18.8. The Labute approximate surface area is 125 Å². The standard InChI is InChI=1S/C16H23N5/c1-17-14(12-15-18-20-21(2)19-15)16(10-6-7-11-16)13-8-4-3-5-9-13/h3-5,8-9,14,17H,6-7,10-12H2,1-2H3. The van der Waals surface area contributed by atoms with Crippen molar-refractivity contribution >= 4 is 0 Å². The van der Waals surface area contributed by atoms with E-state index in [1.54, 1.807) is 0 Å². The van der Waals surface area contributed by atoms with Crippen LogP contribution in [0.5, 0.6) is 0 Å². The maximum Gasteiger partial charge on any atom is 0.176 e. The Morgan fingerprint density at radius 1 is 1.24 bits per heavy atom. The van der Waals surface area contributed by atoms with Crippen LogP contribution in [0.3, 0.4) is 0 Å². The van der Waals surface area contributed by atoms with Gasteiger partial charge in [-0.1, -0.05) is 43.2 Å². The first-order valence-electron chi connectivity index (χ1n) is 7.70. The van der Waals surface area contributed by atoms with Crippen LogP contribution in [0.25, 0.3) is 0 Å². The van der Waals surface area contributed by atoms with Crippen LogP contribution in [0.1, 0.15) is 37.1 Å². The molecule has 0 bridgehead atoms. The minimum absolute atomic E-state index is 0.190. The molecule has 112 valence electrons. The van der Waals surface area contributed by atoms with Gasteiger partial charge in [-0.05, 0) is 30.7 Å². The number of nitrogens with zero attached hydrogens (tertiary/aromatic N) is 4. The van der Waals surface area contributed by atoms with Gasteiger partial charge in [0.15, 0.2) is 5.82 Å². The average molecular weight is 285 g/mol. The van der Waals surface area contributed by atoms with Crippen molar-refractivity contribution in [2.45, 2.75) is 43.6 Å². The zero-order chi connectivity index (χ0) is 14.7. The summed E-state index contributed by atoms with van der Waals surface area (Å²) in [4.78, 5) is 1.53. The third kappa shape index (κ3) is 2.70. The van der Waals surface area contributed by atoms with Gasteiger partial charge in [-0.2, -0.15) is 4.80 Å². The first kappa shape index (κ1) is 14.2. The number of hydrogen-bond donors (Lipinski definition) is 1. The number of hydrogen-bond acceptors (Lipinski definition) is 4. The SMILES string of the molecule is CNC(Cc1nnn(C)n1)C1(c2ccccc2)CCCC1. The smallest absolute Gasteiger partial charge is 0.176 e. The van der Waals surface area contributed by atoms with E-state index in [4.69, 9.17) is 0 Å². The molecule has 1 heterocycles. The van der Waals surface area contributed by atoms with E-state index in [0.717, 1.165) is 12.2 Å². The lowest BCUT2D eigenvalue weighted by Gasteiger charge is -2.37. The molecular formula is C16H23N5. The highest BCUT2D eigenvalue weighted by Crippen LogP contribution is 2.44. The van der Waals surface area contributed by atoms with Crippen molar-refractivity contribution in [1.29, 1.82) is 0 Å². The molecule has 1 saturated carbocycles. The molecule has 1 unspecified atom stereocenters. The van der Waals surface area contributed by atoms with Gasteiger partial charge in [0, 0.05) is 17.9 Å². The number of aromatic nitrogens is 4. The van der Waals surface area contributed by atoms with E-state index in [9.17, 15) is 0 Å². The van der Waals surface area contributed by atoms with Crippen LogP contribution in [0, 0.1) is 0 Å². The molecule has 0 amide bonds. The van der Waals surface area contributed by atoms with Gasteiger partial charge in [-0.3, -0.25) is 0 Å². The van der Waals surface area contributed by atoms with Gasteiger partial charge in [0.25, 0.3) is 0 Å². The van der Waals surface area contributed by atoms with Gasteiger partial charge in [0.05, 0.1) is 7.05 Å². The zero-order valence-corrected chi connectivity index (χ0v) is 12.8. The minimum Gasteiger partial charge on any atom is -0.316 e. The van der Waals surface area contributed by atoms with E-state index in [1.807, 2.05) is 14.1 Å². The van der Waals surface area contributed by atoms with E-state index < -0.39 is 0 Å². The van der Waals surface area contributed by atoms with Gasteiger partial charge >= 0.3 is 0 Å². The summed E-state index contributed by atoms with van der Waals surface area (Å²) < 4.78 is 0. The van der Waals surface area contributed by atoms with E-state index in [1.165, 1.54) is 36.0 Å². The second-order valence-electron chi connectivity index (χ2n) is 5.97. The largest absolute Gasteiger partial charge is 0.316 e. The van der Waals surface area contributed by atoms with Crippen molar-refractivity contribution in [2.75, 3.05) is 7.05 Å². The van der Waals surface area contributed by atoms with Crippen LogP contribution in [-0.2, 0) is 18.9 Å². The molecule has 0 spiro atoms. The molecule has 3 rings (SSSR count). The van der Waals surface area contributed by atoms with Crippen LogP contribution >= 0.6 is 0 Å². The molecule has 1 N–H and O–H groups in total. The van der Waals surface area contributed by atoms with Crippen molar-refractivity contribution in [3.63, 3.8) is 0 Å². The number of tetrazole rings is 1. The van der Waals surface area contributed by atoms with Crippen molar-refractivity contribution in [3.05, 3.63) is 41.7 Å². The Balaban J connectivity index is 1.91.